The Labute approximate surface area is 116 Å². The molecule has 0 saturated carbocycles. The van der Waals surface area contributed by atoms with Gasteiger partial charge in [0.1, 0.15) is 0 Å². The molecule has 2 aliphatic rings. The van der Waals surface area contributed by atoms with E-state index >= 15 is 0 Å². The summed E-state index contributed by atoms with van der Waals surface area (Å²) in [6.07, 6.45) is 4.99. The minimum Gasteiger partial charge on any atom is -0.385 e. The van der Waals surface area contributed by atoms with Gasteiger partial charge in [-0.3, -0.25) is 0 Å². The van der Waals surface area contributed by atoms with Crippen molar-refractivity contribution < 1.29 is 0 Å². The molecule has 0 unspecified atom stereocenters. The maximum atomic E-state index is 3.48. The molecule has 0 radical (unpaired) electrons. The number of nitrogens with zero attached hydrogens (tertiary/aromatic N) is 1. The van der Waals surface area contributed by atoms with Crippen molar-refractivity contribution in [2.75, 3.05) is 44.6 Å². The SMILES string of the molecule is c1cc2c(cc1CCN1CCCNCC1)CCCN2. The van der Waals surface area contributed by atoms with Gasteiger partial charge >= 0.3 is 0 Å². The van der Waals surface area contributed by atoms with Crippen molar-refractivity contribution in [3.05, 3.63) is 29.3 Å². The van der Waals surface area contributed by atoms with Gasteiger partial charge in [-0.2, -0.15) is 0 Å². The molecule has 1 saturated heterocycles. The minimum absolute atomic E-state index is 1.13. The van der Waals surface area contributed by atoms with E-state index in [2.05, 4.69) is 33.7 Å². The van der Waals surface area contributed by atoms with Crippen LogP contribution >= 0.6 is 0 Å². The van der Waals surface area contributed by atoms with E-state index in [0.29, 0.717) is 0 Å². The molecule has 1 aromatic rings. The highest BCUT2D eigenvalue weighted by molar-refractivity contribution is 5.54. The summed E-state index contributed by atoms with van der Waals surface area (Å²) >= 11 is 0. The number of aryl methyl sites for hydroxylation is 1. The van der Waals surface area contributed by atoms with Crippen LogP contribution in [0.3, 0.4) is 0 Å². The molecule has 3 heteroatoms. The van der Waals surface area contributed by atoms with Crippen LogP contribution in [0.15, 0.2) is 18.2 Å². The van der Waals surface area contributed by atoms with E-state index in [1.54, 1.807) is 0 Å². The van der Waals surface area contributed by atoms with Crippen LogP contribution in [0.5, 0.6) is 0 Å². The average Bonchev–Trinajstić information content (AvgIpc) is 2.73. The summed E-state index contributed by atoms with van der Waals surface area (Å²) in [7, 11) is 0. The summed E-state index contributed by atoms with van der Waals surface area (Å²) in [5.74, 6) is 0. The highest BCUT2D eigenvalue weighted by atomic mass is 15.1. The molecule has 19 heavy (non-hydrogen) atoms. The maximum absolute atomic E-state index is 3.48. The summed E-state index contributed by atoms with van der Waals surface area (Å²) in [4.78, 5) is 2.59. The molecule has 3 rings (SSSR count). The lowest BCUT2D eigenvalue weighted by atomic mass is 9.99. The summed E-state index contributed by atoms with van der Waals surface area (Å²) in [5.41, 5.74) is 4.37. The predicted molar refractivity (Wildman–Crippen MR) is 80.9 cm³/mol. The second-order valence-electron chi connectivity index (χ2n) is 5.72. The summed E-state index contributed by atoms with van der Waals surface area (Å²) < 4.78 is 0. The van der Waals surface area contributed by atoms with Crippen molar-refractivity contribution in [3.8, 4) is 0 Å². The van der Waals surface area contributed by atoms with E-state index in [-0.39, 0.29) is 0 Å². The van der Waals surface area contributed by atoms with Gasteiger partial charge in [-0.15, -0.1) is 0 Å². The van der Waals surface area contributed by atoms with Crippen LogP contribution in [0.1, 0.15) is 24.0 Å². The molecular formula is C16H25N3. The van der Waals surface area contributed by atoms with Crippen molar-refractivity contribution in [2.45, 2.75) is 25.7 Å². The molecule has 2 N–H and O–H groups in total. The first kappa shape index (κ1) is 12.9. The second kappa shape index (κ2) is 6.40. The fourth-order valence-electron chi connectivity index (χ4n) is 3.10. The quantitative estimate of drug-likeness (QED) is 0.868. The molecule has 0 aliphatic carbocycles. The van der Waals surface area contributed by atoms with Gasteiger partial charge in [-0.05, 0) is 56.0 Å². The van der Waals surface area contributed by atoms with E-state index in [9.17, 15) is 0 Å². The summed E-state index contributed by atoms with van der Waals surface area (Å²) in [6, 6.07) is 6.98. The molecule has 0 atom stereocenters. The van der Waals surface area contributed by atoms with Gasteiger partial charge in [-0.1, -0.05) is 12.1 Å². The number of hydrogen-bond donors (Lipinski definition) is 2. The van der Waals surface area contributed by atoms with Crippen molar-refractivity contribution in [1.29, 1.82) is 0 Å². The van der Waals surface area contributed by atoms with Gasteiger partial charge in [0.25, 0.3) is 0 Å². The van der Waals surface area contributed by atoms with E-state index in [4.69, 9.17) is 0 Å². The maximum Gasteiger partial charge on any atom is 0.0372 e. The third-order valence-corrected chi connectivity index (χ3v) is 4.26. The van der Waals surface area contributed by atoms with Gasteiger partial charge in [-0.25, -0.2) is 0 Å². The number of anilines is 1. The molecular weight excluding hydrogens is 234 g/mol. The fraction of sp³-hybridized carbons (Fsp3) is 0.625. The van der Waals surface area contributed by atoms with Crippen LogP contribution in [-0.2, 0) is 12.8 Å². The number of rotatable bonds is 3. The van der Waals surface area contributed by atoms with Crippen LogP contribution in [0.2, 0.25) is 0 Å². The average molecular weight is 259 g/mol. The lowest BCUT2D eigenvalue weighted by molar-refractivity contribution is 0.296. The Morgan fingerprint density at radius 1 is 1.05 bits per heavy atom. The first-order chi connectivity index (χ1) is 9.42. The van der Waals surface area contributed by atoms with Crippen LogP contribution in [0.4, 0.5) is 5.69 Å². The molecule has 2 aliphatic heterocycles. The third-order valence-electron chi connectivity index (χ3n) is 4.26. The molecule has 104 valence electrons. The van der Waals surface area contributed by atoms with Gasteiger partial charge in [0.05, 0.1) is 0 Å². The zero-order valence-electron chi connectivity index (χ0n) is 11.8. The zero-order valence-corrected chi connectivity index (χ0v) is 11.8. The standard InChI is InChI=1S/C16H25N3/c1-3-15-13-14(4-5-16(15)18-8-1)6-11-19-10-2-7-17-9-12-19/h4-5,13,17-18H,1-3,6-12H2. The highest BCUT2D eigenvalue weighted by Crippen LogP contribution is 2.23. The van der Waals surface area contributed by atoms with Gasteiger partial charge < -0.3 is 15.5 Å². The third kappa shape index (κ3) is 3.48. The van der Waals surface area contributed by atoms with E-state index < -0.39 is 0 Å². The Balaban J connectivity index is 1.57. The number of hydrogen-bond acceptors (Lipinski definition) is 3. The number of benzene rings is 1. The first-order valence-electron chi connectivity index (χ1n) is 7.70. The van der Waals surface area contributed by atoms with Crippen LogP contribution in [0, 0.1) is 0 Å². The predicted octanol–water partition coefficient (Wildman–Crippen LogP) is 1.88. The fourth-order valence-corrected chi connectivity index (χ4v) is 3.10. The van der Waals surface area contributed by atoms with Gasteiger partial charge in [0, 0.05) is 31.9 Å². The van der Waals surface area contributed by atoms with Crippen LogP contribution in [-0.4, -0.2) is 44.2 Å². The largest absolute Gasteiger partial charge is 0.385 e. The molecule has 0 amide bonds. The van der Waals surface area contributed by atoms with Crippen molar-refractivity contribution >= 4 is 5.69 Å². The van der Waals surface area contributed by atoms with Crippen molar-refractivity contribution in [2.24, 2.45) is 0 Å². The van der Waals surface area contributed by atoms with Crippen molar-refractivity contribution in [1.82, 2.24) is 10.2 Å². The van der Waals surface area contributed by atoms with E-state index in [0.717, 1.165) is 13.1 Å². The van der Waals surface area contributed by atoms with Crippen LogP contribution < -0.4 is 10.6 Å². The molecule has 3 nitrogen and oxygen atoms in total. The zero-order chi connectivity index (χ0) is 12.9. The lowest BCUT2D eigenvalue weighted by Crippen LogP contribution is -2.30. The van der Waals surface area contributed by atoms with E-state index in [1.165, 1.54) is 68.7 Å². The smallest absolute Gasteiger partial charge is 0.0372 e. The molecule has 2 heterocycles. The highest BCUT2D eigenvalue weighted by Gasteiger charge is 2.11. The molecule has 1 aromatic carbocycles. The normalized spacial score (nSPS) is 20.4. The van der Waals surface area contributed by atoms with Gasteiger partial charge in [0.15, 0.2) is 0 Å². The first-order valence-corrected chi connectivity index (χ1v) is 7.70. The van der Waals surface area contributed by atoms with Crippen LogP contribution in [0.25, 0.3) is 0 Å². The Bertz CT molecular complexity index is 408. The minimum atomic E-state index is 1.13. The summed E-state index contributed by atoms with van der Waals surface area (Å²) in [6.45, 7) is 7.11. The van der Waals surface area contributed by atoms with Crippen molar-refractivity contribution in [3.63, 3.8) is 0 Å². The molecule has 0 spiro atoms. The molecule has 0 bridgehead atoms. The summed E-state index contributed by atoms with van der Waals surface area (Å²) in [5, 5.41) is 6.95. The topological polar surface area (TPSA) is 27.3 Å². The van der Waals surface area contributed by atoms with E-state index in [1.807, 2.05) is 0 Å². The number of fused-ring (bicyclic) bond motifs is 1. The molecule has 1 fully saturated rings. The molecule has 0 aromatic heterocycles. The Kier molecular flexibility index (Phi) is 4.36. The Morgan fingerprint density at radius 3 is 3.05 bits per heavy atom. The number of nitrogens with one attached hydrogen (secondary N) is 2. The monoisotopic (exact) mass is 259 g/mol. The lowest BCUT2D eigenvalue weighted by Gasteiger charge is -2.21. The Morgan fingerprint density at radius 2 is 2.05 bits per heavy atom. The second-order valence-corrected chi connectivity index (χ2v) is 5.72. The van der Waals surface area contributed by atoms with Gasteiger partial charge in [0.2, 0.25) is 0 Å². The Hall–Kier alpha value is -1.06.